The number of amides is 2. The lowest BCUT2D eigenvalue weighted by Crippen LogP contribution is -2.45. The standard InChI is InChI=1S/C15H16ClFN2O4/c16-10-4-1-5-11(17)13(10)15(22)23-8-12(20)19-6-2-3-9(7-19)14(18)21/h1,4-5,9H,2-3,6-8H2,(H2,18,21)/t9-/m1/s1. The Hall–Kier alpha value is -2.15. The molecule has 1 fully saturated rings. The van der Waals surface area contributed by atoms with E-state index in [0.717, 1.165) is 6.07 Å². The third-order valence-electron chi connectivity index (χ3n) is 3.67. The van der Waals surface area contributed by atoms with E-state index >= 15 is 0 Å². The van der Waals surface area contributed by atoms with Crippen LogP contribution in [-0.4, -0.2) is 42.4 Å². The molecule has 0 saturated carbocycles. The van der Waals surface area contributed by atoms with Crippen molar-refractivity contribution in [2.24, 2.45) is 11.7 Å². The number of hydrogen-bond donors (Lipinski definition) is 1. The Morgan fingerprint density at radius 1 is 1.39 bits per heavy atom. The summed E-state index contributed by atoms with van der Waals surface area (Å²) in [7, 11) is 0. The van der Waals surface area contributed by atoms with Crippen LogP contribution in [0.3, 0.4) is 0 Å². The number of ether oxygens (including phenoxy) is 1. The Morgan fingerprint density at radius 2 is 2.13 bits per heavy atom. The Balaban J connectivity index is 1.94. The number of primary amides is 1. The van der Waals surface area contributed by atoms with Crippen molar-refractivity contribution in [3.63, 3.8) is 0 Å². The Morgan fingerprint density at radius 3 is 2.78 bits per heavy atom. The maximum absolute atomic E-state index is 13.6. The maximum Gasteiger partial charge on any atom is 0.343 e. The summed E-state index contributed by atoms with van der Waals surface area (Å²) in [5.41, 5.74) is 4.84. The van der Waals surface area contributed by atoms with Crippen molar-refractivity contribution in [2.45, 2.75) is 12.8 Å². The zero-order valence-electron chi connectivity index (χ0n) is 12.3. The molecule has 2 rings (SSSR count). The summed E-state index contributed by atoms with van der Waals surface area (Å²) in [6, 6.07) is 3.79. The molecule has 8 heteroatoms. The minimum Gasteiger partial charge on any atom is -0.452 e. The number of piperidine rings is 1. The fourth-order valence-corrected chi connectivity index (χ4v) is 2.66. The summed E-state index contributed by atoms with van der Waals surface area (Å²) >= 11 is 5.75. The fourth-order valence-electron chi connectivity index (χ4n) is 2.42. The minimum atomic E-state index is -1.01. The average molecular weight is 343 g/mol. The van der Waals surface area contributed by atoms with E-state index in [-0.39, 0.29) is 11.6 Å². The molecule has 0 bridgehead atoms. The number of rotatable bonds is 4. The molecule has 2 amide bonds. The summed E-state index contributed by atoms with van der Waals surface area (Å²) < 4.78 is 18.4. The van der Waals surface area contributed by atoms with Crippen molar-refractivity contribution in [1.29, 1.82) is 0 Å². The first kappa shape index (κ1) is 17.2. The summed E-state index contributed by atoms with van der Waals surface area (Å²) in [5.74, 6) is -3.15. The molecule has 1 heterocycles. The second-order valence-electron chi connectivity index (χ2n) is 5.25. The number of benzene rings is 1. The van der Waals surface area contributed by atoms with Gasteiger partial charge in [0.1, 0.15) is 11.4 Å². The van der Waals surface area contributed by atoms with Gasteiger partial charge in [-0.05, 0) is 25.0 Å². The first-order valence-electron chi connectivity index (χ1n) is 7.08. The normalized spacial score (nSPS) is 17.7. The number of carbonyl (C=O) groups excluding carboxylic acids is 3. The van der Waals surface area contributed by atoms with Crippen molar-refractivity contribution in [3.8, 4) is 0 Å². The molecule has 124 valence electrons. The number of esters is 1. The molecule has 0 unspecified atom stereocenters. The van der Waals surface area contributed by atoms with Gasteiger partial charge in [0.05, 0.1) is 10.9 Å². The van der Waals surface area contributed by atoms with Crippen molar-refractivity contribution in [3.05, 3.63) is 34.6 Å². The van der Waals surface area contributed by atoms with E-state index < -0.39 is 41.7 Å². The number of hydrogen-bond acceptors (Lipinski definition) is 4. The second kappa shape index (κ2) is 7.41. The van der Waals surface area contributed by atoms with Crippen LogP contribution in [0.5, 0.6) is 0 Å². The fraction of sp³-hybridized carbons (Fsp3) is 0.400. The molecule has 1 atom stereocenters. The van der Waals surface area contributed by atoms with Crippen LogP contribution in [0.1, 0.15) is 23.2 Å². The largest absolute Gasteiger partial charge is 0.452 e. The zero-order chi connectivity index (χ0) is 17.0. The van der Waals surface area contributed by atoms with Gasteiger partial charge in [0.15, 0.2) is 6.61 Å². The van der Waals surface area contributed by atoms with Gasteiger partial charge in [-0.2, -0.15) is 0 Å². The lowest BCUT2D eigenvalue weighted by Gasteiger charge is -2.31. The Bertz CT molecular complexity index is 618. The first-order chi connectivity index (χ1) is 10.9. The topological polar surface area (TPSA) is 89.7 Å². The number of halogens is 2. The van der Waals surface area contributed by atoms with Crippen molar-refractivity contribution in [1.82, 2.24) is 4.90 Å². The van der Waals surface area contributed by atoms with Gasteiger partial charge in [0.2, 0.25) is 5.91 Å². The highest BCUT2D eigenvalue weighted by molar-refractivity contribution is 6.33. The van der Waals surface area contributed by atoms with Gasteiger partial charge in [-0.3, -0.25) is 9.59 Å². The van der Waals surface area contributed by atoms with Crippen LogP contribution in [0.25, 0.3) is 0 Å². The molecular formula is C15H16ClFN2O4. The van der Waals surface area contributed by atoms with E-state index in [9.17, 15) is 18.8 Å². The lowest BCUT2D eigenvalue weighted by atomic mass is 9.97. The highest BCUT2D eigenvalue weighted by Gasteiger charge is 2.28. The monoisotopic (exact) mass is 342 g/mol. The van der Waals surface area contributed by atoms with Crippen LogP contribution >= 0.6 is 11.6 Å². The highest BCUT2D eigenvalue weighted by atomic mass is 35.5. The van der Waals surface area contributed by atoms with Gasteiger partial charge in [0, 0.05) is 13.1 Å². The quantitative estimate of drug-likeness (QED) is 0.837. The van der Waals surface area contributed by atoms with Crippen molar-refractivity contribution in [2.75, 3.05) is 19.7 Å². The van der Waals surface area contributed by atoms with E-state index in [4.69, 9.17) is 22.1 Å². The third kappa shape index (κ3) is 4.19. The van der Waals surface area contributed by atoms with Gasteiger partial charge in [-0.25, -0.2) is 9.18 Å². The Labute approximate surface area is 137 Å². The van der Waals surface area contributed by atoms with Crippen LogP contribution in [0.2, 0.25) is 5.02 Å². The summed E-state index contributed by atoms with van der Waals surface area (Å²) in [6.45, 7) is 0.113. The van der Waals surface area contributed by atoms with E-state index in [1.165, 1.54) is 17.0 Å². The molecule has 0 aliphatic carbocycles. The molecule has 6 nitrogen and oxygen atoms in total. The van der Waals surface area contributed by atoms with Crippen molar-refractivity contribution >= 4 is 29.4 Å². The van der Waals surface area contributed by atoms with E-state index in [1.54, 1.807) is 0 Å². The Kier molecular flexibility index (Phi) is 5.54. The molecule has 0 aromatic heterocycles. The van der Waals surface area contributed by atoms with Gasteiger partial charge >= 0.3 is 5.97 Å². The van der Waals surface area contributed by atoms with Crippen molar-refractivity contribution < 1.29 is 23.5 Å². The summed E-state index contributed by atoms with van der Waals surface area (Å²) in [4.78, 5) is 36.5. The third-order valence-corrected chi connectivity index (χ3v) is 3.99. The predicted octanol–water partition coefficient (Wildman–Crippen LogP) is 1.36. The molecule has 1 aliphatic rings. The van der Waals surface area contributed by atoms with E-state index in [2.05, 4.69) is 0 Å². The van der Waals surface area contributed by atoms with E-state index in [1.807, 2.05) is 0 Å². The average Bonchev–Trinajstić information content (AvgIpc) is 2.52. The number of nitrogens with zero attached hydrogens (tertiary/aromatic N) is 1. The first-order valence-corrected chi connectivity index (χ1v) is 7.46. The van der Waals surface area contributed by atoms with Gasteiger partial charge < -0.3 is 15.4 Å². The molecular weight excluding hydrogens is 327 g/mol. The molecule has 0 radical (unpaired) electrons. The van der Waals surface area contributed by atoms with Crippen LogP contribution in [0.4, 0.5) is 4.39 Å². The molecule has 1 aromatic carbocycles. The van der Waals surface area contributed by atoms with Gasteiger partial charge in [-0.15, -0.1) is 0 Å². The molecule has 2 N–H and O–H groups in total. The second-order valence-corrected chi connectivity index (χ2v) is 5.66. The van der Waals surface area contributed by atoms with Crippen LogP contribution in [-0.2, 0) is 14.3 Å². The molecule has 1 aliphatic heterocycles. The number of nitrogens with two attached hydrogens (primary N) is 1. The number of carbonyl (C=O) groups is 3. The molecule has 1 aromatic rings. The molecule has 0 spiro atoms. The molecule has 23 heavy (non-hydrogen) atoms. The SMILES string of the molecule is NC(=O)[C@@H]1CCCN(C(=O)COC(=O)c2c(F)cccc2Cl)C1. The number of likely N-dealkylation sites (tertiary alicyclic amines) is 1. The van der Waals surface area contributed by atoms with E-state index in [0.29, 0.717) is 19.4 Å². The van der Waals surface area contributed by atoms with Gasteiger partial charge in [-0.1, -0.05) is 17.7 Å². The minimum absolute atomic E-state index is 0.0887. The van der Waals surface area contributed by atoms with Crippen LogP contribution in [0, 0.1) is 11.7 Å². The maximum atomic E-state index is 13.6. The highest BCUT2D eigenvalue weighted by Crippen LogP contribution is 2.20. The predicted molar refractivity (Wildman–Crippen MR) is 80.2 cm³/mol. The van der Waals surface area contributed by atoms with Crippen LogP contribution in [0.15, 0.2) is 18.2 Å². The van der Waals surface area contributed by atoms with Gasteiger partial charge in [0.25, 0.3) is 5.91 Å². The molecule has 1 saturated heterocycles. The van der Waals surface area contributed by atoms with Crippen LogP contribution < -0.4 is 5.73 Å². The summed E-state index contributed by atoms with van der Waals surface area (Å²) in [6.07, 6.45) is 1.27. The zero-order valence-corrected chi connectivity index (χ0v) is 13.0. The smallest absolute Gasteiger partial charge is 0.343 e. The lowest BCUT2D eigenvalue weighted by molar-refractivity contribution is -0.137. The summed E-state index contributed by atoms with van der Waals surface area (Å²) in [5, 5.41) is -0.0887.